The molecule has 6 nitrogen and oxygen atoms in total. The van der Waals surface area contributed by atoms with Crippen LogP contribution in [0.1, 0.15) is 11.4 Å². The highest BCUT2D eigenvalue weighted by molar-refractivity contribution is 7.98. The molecule has 2 amide bonds. The van der Waals surface area contributed by atoms with Gasteiger partial charge in [0.15, 0.2) is 11.0 Å². The third-order valence-electron chi connectivity index (χ3n) is 3.94. The number of carbonyl (C=O) groups excluding carboxylic acids is 1. The van der Waals surface area contributed by atoms with Gasteiger partial charge in [-0.2, -0.15) is 0 Å². The summed E-state index contributed by atoms with van der Waals surface area (Å²) in [6.45, 7) is 0.167. The molecule has 0 aliphatic carbocycles. The SMILES string of the molecule is CN(C)C(=O)NCc1nnc(SCc2ccc(F)cc2)n1-c1ccc(Cl)cc1Cl. The molecule has 0 unspecified atom stereocenters. The van der Waals surface area contributed by atoms with Crippen LogP contribution >= 0.6 is 35.0 Å². The second kappa shape index (κ2) is 9.47. The molecule has 10 heteroatoms. The third kappa shape index (κ3) is 5.41. The Morgan fingerprint density at radius 3 is 2.55 bits per heavy atom. The lowest BCUT2D eigenvalue weighted by Gasteiger charge is -2.14. The van der Waals surface area contributed by atoms with E-state index in [1.807, 2.05) is 0 Å². The number of thioether (sulfide) groups is 1. The van der Waals surface area contributed by atoms with E-state index in [2.05, 4.69) is 15.5 Å². The van der Waals surface area contributed by atoms with Crippen LogP contribution < -0.4 is 5.32 Å². The molecule has 0 bridgehead atoms. The van der Waals surface area contributed by atoms with Gasteiger partial charge in [0, 0.05) is 24.9 Å². The van der Waals surface area contributed by atoms with E-state index in [4.69, 9.17) is 23.2 Å². The van der Waals surface area contributed by atoms with Crippen molar-refractivity contribution in [3.05, 3.63) is 69.7 Å². The Balaban J connectivity index is 1.90. The van der Waals surface area contributed by atoms with Crippen LogP contribution in [0.2, 0.25) is 10.0 Å². The van der Waals surface area contributed by atoms with Crippen molar-refractivity contribution in [1.29, 1.82) is 0 Å². The quantitative estimate of drug-likeness (QED) is 0.545. The molecule has 1 heterocycles. The summed E-state index contributed by atoms with van der Waals surface area (Å²) in [4.78, 5) is 13.3. The molecule has 3 aromatic rings. The van der Waals surface area contributed by atoms with Crippen molar-refractivity contribution in [2.24, 2.45) is 0 Å². The maximum atomic E-state index is 13.1. The Labute approximate surface area is 182 Å². The number of halogens is 3. The minimum atomic E-state index is -0.284. The van der Waals surface area contributed by atoms with Crippen molar-refractivity contribution in [2.75, 3.05) is 14.1 Å². The molecule has 29 heavy (non-hydrogen) atoms. The summed E-state index contributed by atoms with van der Waals surface area (Å²) in [6.07, 6.45) is 0. The van der Waals surface area contributed by atoms with Crippen LogP contribution in [0.15, 0.2) is 47.6 Å². The standard InChI is InChI=1S/C19H18Cl2FN5OS/c1-26(2)18(28)23-10-17-24-25-19(29-11-12-3-6-14(22)7-4-12)27(17)16-8-5-13(20)9-15(16)21/h3-9H,10-11H2,1-2H3,(H,23,28). The molecule has 0 aliphatic heterocycles. The van der Waals surface area contributed by atoms with Gasteiger partial charge in [-0.05, 0) is 35.9 Å². The Bertz CT molecular complexity index is 1010. The Hall–Kier alpha value is -2.29. The fourth-order valence-electron chi connectivity index (χ4n) is 2.45. The van der Waals surface area contributed by atoms with Gasteiger partial charge in [-0.25, -0.2) is 9.18 Å². The lowest BCUT2D eigenvalue weighted by Crippen LogP contribution is -2.34. The Kier molecular flexibility index (Phi) is 7.00. The lowest BCUT2D eigenvalue weighted by atomic mass is 10.2. The van der Waals surface area contributed by atoms with Crippen LogP contribution in [0.4, 0.5) is 9.18 Å². The smallest absolute Gasteiger partial charge is 0.317 e. The zero-order valence-corrected chi connectivity index (χ0v) is 18.0. The van der Waals surface area contributed by atoms with Crippen molar-refractivity contribution >= 4 is 41.0 Å². The van der Waals surface area contributed by atoms with Crippen LogP contribution in [-0.4, -0.2) is 39.8 Å². The molecule has 0 atom stereocenters. The molecule has 0 aliphatic rings. The second-order valence-corrected chi connectivity index (χ2v) is 8.08. The fraction of sp³-hybridized carbons (Fsp3) is 0.211. The predicted molar refractivity (Wildman–Crippen MR) is 113 cm³/mol. The minimum absolute atomic E-state index is 0.167. The van der Waals surface area contributed by atoms with E-state index in [1.54, 1.807) is 49.0 Å². The van der Waals surface area contributed by atoms with Gasteiger partial charge in [0.25, 0.3) is 0 Å². The summed E-state index contributed by atoms with van der Waals surface area (Å²) in [5, 5.41) is 12.8. The topological polar surface area (TPSA) is 63.1 Å². The summed E-state index contributed by atoms with van der Waals surface area (Å²) in [7, 11) is 3.31. The maximum Gasteiger partial charge on any atom is 0.317 e. The summed E-state index contributed by atoms with van der Waals surface area (Å²) in [6, 6.07) is 11.1. The largest absolute Gasteiger partial charge is 0.331 e. The number of nitrogens with one attached hydrogen (secondary N) is 1. The number of carbonyl (C=O) groups is 1. The van der Waals surface area contributed by atoms with Crippen molar-refractivity contribution in [1.82, 2.24) is 25.0 Å². The van der Waals surface area contributed by atoms with E-state index in [-0.39, 0.29) is 18.4 Å². The highest BCUT2D eigenvalue weighted by Gasteiger charge is 2.18. The maximum absolute atomic E-state index is 13.1. The molecule has 0 spiro atoms. The molecule has 1 N–H and O–H groups in total. The molecule has 0 radical (unpaired) electrons. The van der Waals surface area contributed by atoms with E-state index < -0.39 is 0 Å². The number of hydrogen-bond acceptors (Lipinski definition) is 4. The van der Waals surface area contributed by atoms with Gasteiger partial charge in [-0.1, -0.05) is 47.1 Å². The number of amides is 2. The van der Waals surface area contributed by atoms with Crippen molar-refractivity contribution in [3.63, 3.8) is 0 Å². The summed E-state index contributed by atoms with van der Waals surface area (Å²) in [5.41, 5.74) is 1.59. The van der Waals surface area contributed by atoms with Gasteiger partial charge in [-0.3, -0.25) is 4.57 Å². The number of rotatable bonds is 6. The molecule has 0 saturated heterocycles. The molecule has 1 aromatic heterocycles. The van der Waals surface area contributed by atoms with Gasteiger partial charge in [-0.15, -0.1) is 10.2 Å². The van der Waals surface area contributed by atoms with Crippen molar-refractivity contribution < 1.29 is 9.18 Å². The number of nitrogens with zero attached hydrogens (tertiary/aromatic N) is 4. The summed E-state index contributed by atoms with van der Waals surface area (Å²) >= 11 is 13.9. The average Bonchev–Trinajstić information content (AvgIpc) is 3.08. The second-order valence-electron chi connectivity index (χ2n) is 6.30. The van der Waals surface area contributed by atoms with E-state index >= 15 is 0 Å². The van der Waals surface area contributed by atoms with E-state index in [9.17, 15) is 9.18 Å². The van der Waals surface area contributed by atoms with E-state index in [0.717, 1.165) is 5.56 Å². The van der Waals surface area contributed by atoms with Crippen LogP contribution in [-0.2, 0) is 12.3 Å². The van der Waals surface area contributed by atoms with Gasteiger partial charge >= 0.3 is 6.03 Å². The first-order valence-electron chi connectivity index (χ1n) is 8.57. The van der Waals surface area contributed by atoms with Crippen LogP contribution in [0.3, 0.4) is 0 Å². The average molecular weight is 454 g/mol. The molecule has 0 fully saturated rings. The zero-order valence-electron chi connectivity index (χ0n) is 15.7. The Morgan fingerprint density at radius 1 is 1.17 bits per heavy atom. The fourth-order valence-corrected chi connectivity index (χ4v) is 3.87. The van der Waals surface area contributed by atoms with E-state index in [1.165, 1.54) is 28.8 Å². The van der Waals surface area contributed by atoms with Crippen LogP contribution in [0.25, 0.3) is 5.69 Å². The zero-order chi connectivity index (χ0) is 21.0. The molecule has 3 rings (SSSR count). The predicted octanol–water partition coefficient (Wildman–Crippen LogP) is 4.78. The van der Waals surface area contributed by atoms with Crippen molar-refractivity contribution in [3.8, 4) is 5.69 Å². The van der Waals surface area contributed by atoms with Crippen molar-refractivity contribution in [2.45, 2.75) is 17.5 Å². The number of urea groups is 1. The normalized spacial score (nSPS) is 10.8. The Morgan fingerprint density at radius 2 is 1.90 bits per heavy atom. The first kappa shape index (κ1) is 21.4. The summed E-state index contributed by atoms with van der Waals surface area (Å²) < 4.78 is 14.9. The number of aromatic nitrogens is 3. The first-order valence-corrected chi connectivity index (χ1v) is 10.3. The first-order chi connectivity index (χ1) is 13.8. The van der Waals surface area contributed by atoms with Gasteiger partial charge in [0.2, 0.25) is 0 Å². The lowest BCUT2D eigenvalue weighted by molar-refractivity contribution is 0.216. The number of benzene rings is 2. The monoisotopic (exact) mass is 453 g/mol. The van der Waals surface area contributed by atoms with Gasteiger partial charge in [0.1, 0.15) is 5.82 Å². The molecular formula is C19H18Cl2FN5OS. The summed E-state index contributed by atoms with van der Waals surface area (Å²) in [5.74, 6) is 0.799. The van der Waals surface area contributed by atoms with E-state index in [0.29, 0.717) is 32.5 Å². The van der Waals surface area contributed by atoms with Crippen LogP contribution in [0, 0.1) is 5.82 Å². The molecule has 2 aromatic carbocycles. The van der Waals surface area contributed by atoms with Gasteiger partial charge < -0.3 is 10.2 Å². The van der Waals surface area contributed by atoms with Crippen LogP contribution in [0.5, 0.6) is 0 Å². The highest BCUT2D eigenvalue weighted by Crippen LogP contribution is 2.30. The number of hydrogen-bond donors (Lipinski definition) is 1. The van der Waals surface area contributed by atoms with Gasteiger partial charge in [0.05, 0.1) is 17.3 Å². The molecular weight excluding hydrogens is 436 g/mol. The highest BCUT2D eigenvalue weighted by atomic mass is 35.5. The minimum Gasteiger partial charge on any atom is -0.331 e. The molecule has 0 saturated carbocycles. The molecule has 152 valence electrons. The third-order valence-corrected chi connectivity index (χ3v) is 5.47.